The lowest BCUT2D eigenvalue weighted by molar-refractivity contribution is 0.102. The van der Waals surface area contributed by atoms with E-state index in [0.29, 0.717) is 22.8 Å². The molecule has 2 heterocycles. The van der Waals surface area contributed by atoms with E-state index >= 15 is 0 Å². The number of anilines is 2. The van der Waals surface area contributed by atoms with Gasteiger partial charge in [-0.3, -0.25) is 14.1 Å². The third-order valence-electron chi connectivity index (χ3n) is 4.96. The number of pyridine rings is 1. The topological polar surface area (TPSA) is 106 Å². The molecule has 32 heavy (non-hydrogen) atoms. The largest absolute Gasteiger partial charge is 0.321 e. The maximum Gasteiger partial charge on any atom is 0.261 e. The third-order valence-corrected chi connectivity index (χ3v) is 6.34. The fourth-order valence-electron chi connectivity index (χ4n) is 3.00. The van der Waals surface area contributed by atoms with Crippen LogP contribution in [0.2, 0.25) is 0 Å². The minimum atomic E-state index is -3.72. The molecule has 2 N–H and O–H groups in total. The molecule has 0 fully saturated rings. The van der Waals surface area contributed by atoms with Crippen LogP contribution in [-0.4, -0.2) is 28.9 Å². The molecule has 8 nitrogen and oxygen atoms in total. The van der Waals surface area contributed by atoms with Gasteiger partial charge in [0.1, 0.15) is 12.1 Å². The molecular formula is C23H21N5O3S. The molecular weight excluding hydrogens is 426 g/mol. The van der Waals surface area contributed by atoms with Crippen LogP contribution in [0.25, 0.3) is 5.82 Å². The van der Waals surface area contributed by atoms with Crippen molar-refractivity contribution in [2.75, 3.05) is 10.0 Å². The maximum absolute atomic E-state index is 12.6. The van der Waals surface area contributed by atoms with Crippen LogP contribution in [0.1, 0.15) is 21.5 Å². The number of benzene rings is 2. The predicted octanol–water partition coefficient (Wildman–Crippen LogP) is 3.94. The van der Waals surface area contributed by atoms with E-state index in [1.165, 1.54) is 0 Å². The Morgan fingerprint density at radius 3 is 2.31 bits per heavy atom. The summed E-state index contributed by atoms with van der Waals surface area (Å²) in [5, 5.41) is 2.77. The van der Waals surface area contributed by atoms with Crippen LogP contribution in [0.5, 0.6) is 0 Å². The Kier molecular flexibility index (Phi) is 5.74. The van der Waals surface area contributed by atoms with E-state index in [-0.39, 0.29) is 10.8 Å². The zero-order valence-electron chi connectivity index (χ0n) is 17.5. The van der Waals surface area contributed by atoms with E-state index in [0.717, 1.165) is 11.1 Å². The fourth-order valence-corrected chi connectivity index (χ4v) is 4.14. The summed E-state index contributed by atoms with van der Waals surface area (Å²) in [7, 11) is -3.72. The van der Waals surface area contributed by atoms with Gasteiger partial charge in [-0.25, -0.2) is 18.4 Å². The minimum Gasteiger partial charge on any atom is -0.321 e. The van der Waals surface area contributed by atoms with Crippen molar-refractivity contribution < 1.29 is 13.2 Å². The quantitative estimate of drug-likeness (QED) is 0.466. The third kappa shape index (κ3) is 4.68. The summed E-state index contributed by atoms with van der Waals surface area (Å²) in [6, 6.07) is 14.7. The summed E-state index contributed by atoms with van der Waals surface area (Å²) < 4.78 is 29.6. The van der Waals surface area contributed by atoms with Crippen molar-refractivity contribution in [2.45, 2.75) is 18.7 Å². The Bertz CT molecular complexity index is 1350. The molecule has 0 unspecified atom stereocenters. The van der Waals surface area contributed by atoms with Gasteiger partial charge in [-0.2, -0.15) is 0 Å². The zero-order chi connectivity index (χ0) is 22.7. The first kappa shape index (κ1) is 21.3. The van der Waals surface area contributed by atoms with Crippen LogP contribution < -0.4 is 10.0 Å². The van der Waals surface area contributed by atoms with Gasteiger partial charge in [0.05, 0.1) is 16.8 Å². The lowest BCUT2D eigenvalue weighted by atomic mass is 10.1. The monoisotopic (exact) mass is 447 g/mol. The minimum absolute atomic E-state index is 0.189. The first-order valence-corrected chi connectivity index (χ1v) is 11.3. The zero-order valence-corrected chi connectivity index (χ0v) is 18.3. The molecule has 0 spiro atoms. The number of hydrogen-bond donors (Lipinski definition) is 2. The molecule has 0 aliphatic heterocycles. The molecule has 4 aromatic rings. The summed E-state index contributed by atoms with van der Waals surface area (Å²) in [5.41, 5.74) is 3.21. The van der Waals surface area contributed by atoms with Crippen LogP contribution in [0, 0.1) is 13.8 Å². The SMILES string of the molecule is Cc1ccc(S(=O)(=O)Nc2ccc(C(=O)Nc3ccc(-n4ccnc4)nc3)cc2)cc1C. The molecule has 162 valence electrons. The Morgan fingerprint density at radius 1 is 0.938 bits per heavy atom. The average Bonchev–Trinajstić information content (AvgIpc) is 3.31. The van der Waals surface area contributed by atoms with Crippen LogP contribution in [0.15, 0.2) is 84.4 Å². The second-order valence-electron chi connectivity index (χ2n) is 7.26. The molecule has 0 aliphatic rings. The summed E-state index contributed by atoms with van der Waals surface area (Å²) >= 11 is 0. The normalized spacial score (nSPS) is 11.2. The molecule has 4 rings (SSSR count). The van der Waals surface area contributed by atoms with Crippen molar-refractivity contribution in [1.82, 2.24) is 14.5 Å². The number of imidazole rings is 1. The van der Waals surface area contributed by atoms with Crippen LogP contribution in [0.4, 0.5) is 11.4 Å². The summed E-state index contributed by atoms with van der Waals surface area (Å²) in [5.74, 6) is 0.353. The summed E-state index contributed by atoms with van der Waals surface area (Å²) in [6.07, 6.45) is 6.62. The predicted molar refractivity (Wildman–Crippen MR) is 122 cm³/mol. The molecule has 2 aromatic carbocycles. The molecule has 0 bridgehead atoms. The number of hydrogen-bond acceptors (Lipinski definition) is 5. The van der Waals surface area contributed by atoms with Crippen LogP contribution in [0.3, 0.4) is 0 Å². The highest BCUT2D eigenvalue weighted by molar-refractivity contribution is 7.92. The van der Waals surface area contributed by atoms with E-state index in [9.17, 15) is 13.2 Å². The van der Waals surface area contributed by atoms with E-state index < -0.39 is 10.0 Å². The van der Waals surface area contributed by atoms with Gasteiger partial charge in [-0.1, -0.05) is 6.07 Å². The molecule has 9 heteroatoms. The number of carbonyl (C=O) groups excluding carboxylic acids is 1. The number of rotatable bonds is 6. The highest BCUT2D eigenvalue weighted by Gasteiger charge is 2.15. The molecule has 0 radical (unpaired) electrons. The first-order chi connectivity index (χ1) is 15.3. The number of carbonyl (C=O) groups is 1. The van der Waals surface area contributed by atoms with Crippen LogP contribution >= 0.6 is 0 Å². The fraction of sp³-hybridized carbons (Fsp3) is 0.0870. The molecule has 0 saturated carbocycles. The number of nitrogens with one attached hydrogen (secondary N) is 2. The number of nitrogens with zero attached hydrogens (tertiary/aromatic N) is 3. The average molecular weight is 448 g/mol. The van der Waals surface area contributed by atoms with E-state index in [1.54, 1.807) is 84.1 Å². The standard InChI is InChI=1S/C23H21N5O3S/c1-16-3-9-21(13-17(16)2)32(30,31)27-19-6-4-18(5-7-19)23(29)26-20-8-10-22(25-14-20)28-12-11-24-15-28/h3-15,27H,1-2H3,(H,26,29). The molecule has 2 aromatic heterocycles. The van der Waals surface area contributed by atoms with E-state index in [4.69, 9.17) is 0 Å². The van der Waals surface area contributed by atoms with Gasteiger partial charge in [0, 0.05) is 23.6 Å². The van der Waals surface area contributed by atoms with Crippen LogP contribution in [-0.2, 0) is 10.0 Å². The van der Waals surface area contributed by atoms with Crippen molar-refractivity contribution in [3.63, 3.8) is 0 Å². The number of sulfonamides is 1. The van der Waals surface area contributed by atoms with Crippen molar-refractivity contribution in [3.05, 3.63) is 96.2 Å². The second-order valence-corrected chi connectivity index (χ2v) is 8.94. The van der Waals surface area contributed by atoms with Crippen molar-refractivity contribution in [2.24, 2.45) is 0 Å². The first-order valence-electron chi connectivity index (χ1n) is 9.78. The Morgan fingerprint density at radius 2 is 1.69 bits per heavy atom. The number of aryl methyl sites for hydroxylation is 2. The Balaban J connectivity index is 1.42. The van der Waals surface area contributed by atoms with Gasteiger partial charge in [0.25, 0.3) is 15.9 Å². The van der Waals surface area contributed by atoms with Gasteiger partial charge in [-0.05, 0) is 73.5 Å². The van der Waals surface area contributed by atoms with E-state index in [1.807, 2.05) is 13.8 Å². The highest BCUT2D eigenvalue weighted by atomic mass is 32.2. The summed E-state index contributed by atoms with van der Waals surface area (Å²) in [4.78, 5) is 21.0. The van der Waals surface area contributed by atoms with Gasteiger partial charge in [0.15, 0.2) is 0 Å². The maximum atomic E-state index is 12.6. The molecule has 0 atom stereocenters. The second kappa shape index (κ2) is 8.64. The van der Waals surface area contributed by atoms with Gasteiger partial charge < -0.3 is 5.32 Å². The van der Waals surface area contributed by atoms with Gasteiger partial charge in [-0.15, -0.1) is 0 Å². The van der Waals surface area contributed by atoms with E-state index in [2.05, 4.69) is 20.0 Å². The smallest absolute Gasteiger partial charge is 0.261 e. The number of amides is 1. The lowest BCUT2D eigenvalue weighted by Gasteiger charge is -2.11. The molecule has 0 saturated heterocycles. The summed E-state index contributed by atoms with van der Waals surface area (Å²) in [6.45, 7) is 3.79. The van der Waals surface area contributed by atoms with Crippen molar-refractivity contribution in [1.29, 1.82) is 0 Å². The lowest BCUT2D eigenvalue weighted by Crippen LogP contribution is -2.14. The number of aromatic nitrogens is 3. The van der Waals surface area contributed by atoms with Crippen molar-refractivity contribution in [3.8, 4) is 5.82 Å². The van der Waals surface area contributed by atoms with Gasteiger partial charge >= 0.3 is 0 Å². The highest BCUT2D eigenvalue weighted by Crippen LogP contribution is 2.20. The van der Waals surface area contributed by atoms with Gasteiger partial charge in [0.2, 0.25) is 0 Å². The Labute approximate surface area is 186 Å². The van der Waals surface area contributed by atoms with Crippen molar-refractivity contribution >= 4 is 27.3 Å². The molecule has 0 aliphatic carbocycles. The molecule has 1 amide bonds. The Hall–Kier alpha value is -3.98.